The van der Waals surface area contributed by atoms with E-state index in [0.29, 0.717) is 6.42 Å². The molecule has 21 heavy (non-hydrogen) atoms. The van der Waals surface area contributed by atoms with Crippen LogP contribution in [0.1, 0.15) is 39.2 Å². The first-order valence-corrected chi connectivity index (χ1v) is 7.76. The van der Waals surface area contributed by atoms with Gasteiger partial charge in [0.05, 0.1) is 0 Å². The Morgan fingerprint density at radius 1 is 1.43 bits per heavy atom. The molecule has 1 aliphatic rings. The van der Waals surface area contributed by atoms with E-state index >= 15 is 0 Å². The number of rotatable bonds is 6. The summed E-state index contributed by atoms with van der Waals surface area (Å²) < 4.78 is 0. The molecular formula is C17H26N2O2. The van der Waals surface area contributed by atoms with E-state index in [0.717, 1.165) is 25.9 Å². The quantitative estimate of drug-likeness (QED) is 0.846. The number of aryl methyl sites for hydroxylation is 1. The zero-order valence-electron chi connectivity index (χ0n) is 13.2. The minimum Gasteiger partial charge on any atom is -0.480 e. The number of benzene rings is 1. The first kappa shape index (κ1) is 15.8. The SMILES string of the molecule is CC(C)NC(C)(CCN1CCCc2ccccc21)C(=O)O. The summed E-state index contributed by atoms with van der Waals surface area (Å²) in [5, 5.41) is 12.7. The average molecular weight is 290 g/mol. The number of aliphatic carboxylic acids is 1. The number of para-hydroxylation sites is 1. The molecule has 1 unspecified atom stereocenters. The molecule has 0 aliphatic carbocycles. The Hall–Kier alpha value is -1.55. The summed E-state index contributed by atoms with van der Waals surface area (Å²) in [6.45, 7) is 7.52. The summed E-state index contributed by atoms with van der Waals surface area (Å²) in [4.78, 5) is 13.9. The number of nitrogens with one attached hydrogen (secondary N) is 1. The van der Waals surface area contributed by atoms with Crippen molar-refractivity contribution < 1.29 is 9.90 Å². The van der Waals surface area contributed by atoms with Gasteiger partial charge in [-0.25, -0.2) is 0 Å². The highest BCUT2D eigenvalue weighted by atomic mass is 16.4. The Balaban J connectivity index is 2.07. The van der Waals surface area contributed by atoms with Crippen LogP contribution in [0.3, 0.4) is 0 Å². The fourth-order valence-electron chi connectivity index (χ4n) is 3.08. The molecule has 0 spiro atoms. The Labute approximate surface area is 127 Å². The van der Waals surface area contributed by atoms with Crippen molar-refractivity contribution in [2.75, 3.05) is 18.0 Å². The lowest BCUT2D eigenvalue weighted by Gasteiger charge is -2.35. The Morgan fingerprint density at radius 2 is 2.14 bits per heavy atom. The minimum atomic E-state index is -0.874. The van der Waals surface area contributed by atoms with Gasteiger partial charge in [0.1, 0.15) is 5.54 Å². The highest BCUT2D eigenvalue weighted by Crippen LogP contribution is 2.27. The topological polar surface area (TPSA) is 52.6 Å². The largest absolute Gasteiger partial charge is 0.480 e. The van der Waals surface area contributed by atoms with Gasteiger partial charge in [-0.1, -0.05) is 18.2 Å². The maximum atomic E-state index is 11.6. The predicted octanol–water partition coefficient (Wildman–Crippen LogP) is 2.67. The number of fused-ring (bicyclic) bond motifs is 1. The average Bonchev–Trinajstić information content (AvgIpc) is 2.44. The minimum absolute atomic E-state index is 0.153. The first-order chi connectivity index (χ1) is 9.92. The van der Waals surface area contributed by atoms with Gasteiger partial charge in [0.2, 0.25) is 0 Å². The summed E-state index contributed by atoms with van der Waals surface area (Å²) in [6.07, 6.45) is 2.85. The lowest BCUT2D eigenvalue weighted by Crippen LogP contribution is -2.54. The second-order valence-electron chi connectivity index (χ2n) is 6.41. The van der Waals surface area contributed by atoms with E-state index in [-0.39, 0.29) is 6.04 Å². The highest BCUT2D eigenvalue weighted by Gasteiger charge is 2.34. The van der Waals surface area contributed by atoms with Gasteiger partial charge in [-0.05, 0) is 51.7 Å². The van der Waals surface area contributed by atoms with E-state index in [9.17, 15) is 9.90 Å². The van der Waals surface area contributed by atoms with Crippen molar-refractivity contribution in [1.82, 2.24) is 5.32 Å². The van der Waals surface area contributed by atoms with E-state index in [1.54, 1.807) is 6.92 Å². The third-order valence-corrected chi connectivity index (χ3v) is 4.17. The number of hydrogen-bond donors (Lipinski definition) is 2. The monoisotopic (exact) mass is 290 g/mol. The summed E-state index contributed by atoms with van der Waals surface area (Å²) in [7, 11) is 0. The zero-order chi connectivity index (χ0) is 15.5. The first-order valence-electron chi connectivity index (χ1n) is 7.76. The standard InChI is InChI=1S/C17H26N2O2/c1-13(2)18-17(3,16(20)21)10-12-19-11-6-8-14-7-4-5-9-15(14)19/h4-5,7,9,13,18H,6,8,10-12H2,1-3H3,(H,20,21). The summed E-state index contributed by atoms with van der Waals surface area (Å²) >= 11 is 0. The van der Waals surface area contributed by atoms with Crippen molar-refractivity contribution in [1.29, 1.82) is 0 Å². The molecule has 116 valence electrons. The van der Waals surface area contributed by atoms with Gasteiger partial charge >= 0.3 is 5.97 Å². The van der Waals surface area contributed by atoms with E-state index < -0.39 is 11.5 Å². The van der Waals surface area contributed by atoms with Crippen LogP contribution >= 0.6 is 0 Å². The van der Waals surface area contributed by atoms with Crippen LogP contribution in [0.5, 0.6) is 0 Å². The van der Waals surface area contributed by atoms with E-state index in [1.807, 2.05) is 13.8 Å². The number of carboxylic acid groups (broad SMARTS) is 1. The summed E-state index contributed by atoms with van der Waals surface area (Å²) in [5.41, 5.74) is 1.76. The third kappa shape index (κ3) is 3.76. The van der Waals surface area contributed by atoms with Crippen LogP contribution in [-0.4, -0.2) is 35.7 Å². The summed E-state index contributed by atoms with van der Waals surface area (Å²) in [5.74, 6) is -0.776. The number of nitrogens with zero attached hydrogens (tertiary/aromatic N) is 1. The summed E-state index contributed by atoms with van der Waals surface area (Å²) in [6, 6.07) is 8.59. The molecule has 2 N–H and O–H groups in total. The van der Waals surface area contributed by atoms with Crippen LogP contribution in [0.25, 0.3) is 0 Å². The number of anilines is 1. The van der Waals surface area contributed by atoms with Crippen molar-refractivity contribution >= 4 is 11.7 Å². The molecule has 0 saturated carbocycles. The van der Waals surface area contributed by atoms with Crippen LogP contribution < -0.4 is 10.2 Å². The molecule has 1 heterocycles. The Morgan fingerprint density at radius 3 is 2.81 bits per heavy atom. The predicted molar refractivity (Wildman–Crippen MR) is 85.9 cm³/mol. The van der Waals surface area contributed by atoms with E-state index in [2.05, 4.69) is 34.5 Å². The normalized spacial score (nSPS) is 17.4. The Bertz CT molecular complexity index is 501. The molecule has 2 rings (SSSR count). The van der Waals surface area contributed by atoms with Crippen LogP contribution in [0.2, 0.25) is 0 Å². The smallest absolute Gasteiger partial charge is 0.323 e. The van der Waals surface area contributed by atoms with Crippen LogP contribution in [0.15, 0.2) is 24.3 Å². The van der Waals surface area contributed by atoms with Gasteiger partial charge in [-0.15, -0.1) is 0 Å². The van der Waals surface area contributed by atoms with Gasteiger partial charge < -0.3 is 10.0 Å². The van der Waals surface area contributed by atoms with Gasteiger partial charge in [0.15, 0.2) is 0 Å². The van der Waals surface area contributed by atoms with Gasteiger partial charge in [-0.3, -0.25) is 10.1 Å². The molecule has 4 nitrogen and oxygen atoms in total. The second kappa shape index (κ2) is 6.48. The molecular weight excluding hydrogens is 264 g/mol. The molecule has 0 saturated heterocycles. The van der Waals surface area contributed by atoms with Gasteiger partial charge in [-0.2, -0.15) is 0 Å². The maximum Gasteiger partial charge on any atom is 0.323 e. The fourth-order valence-corrected chi connectivity index (χ4v) is 3.08. The lowest BCUT2D eigenvalue weighted by molar-refractivity contribution is -0.144. The molecule has 0 aromatic heterocycles. The molecule has 1 aromatic carbocycles. The number of hydrogen-bond acceptors (Lipinski definition) is 3. The molecule has 4 heteroatoms. The van der Waals surface area contributed by atoms with Crippen molar-refractivity contribution in [3.8, 4) is 0 Å². The van der Waals surface area contributed by atoms with Crippen molar-refractivity contribution in [3.05, 3.63) is 29.8 Å². The van der Waals surface area contributed by atoms with Crippen LogP contribution in [0.4, 0.5) is 5.69 Å². The maximum absolute atomic E-state index is 11.6. The van der Waals surface area contributed by atoms with Crippen molar-refractivity contribution in [2.24, 2.45) is 0 Å². The third-order valence-electron chi connectivity index (χ3n) is 4.17. The second-order valence-corrected chi connectivity index (χ2v) is 6.41. The lowest BCUT2D eigenvalue weighted by atomic mass is 9.95. The molecule has 0 bridgehead atoms. The molecule has 0 fully saturated rings. The van der Waals surface area contributed by atoms with Gasteiger partial charge in [0, 0.05) is 24.8 Å². The zero-order valence-corrected chi connectivity index (χ0v) is 13.2. The number of carboxylic acids is 1. The van der Waals surface area contributed by atoms with Crippen molar-refractivity contribution in [2.45, 2.75) is 51.6 Å². The van der Waals surface area contributed by atoms with Crippen LogP contribution in [-0.2, 0) is 11.2 Å². The van der Waals surface area contributed by atoms with Crippen LogP contribution in [0, 0.1) is 0 Å². The molecule has 0 amide bonds. The molecule has 1 atom stereocenters. The molecule has 0 radical (unpaired) electrons. The van der Waals surface area contributed by atoms with Gasteiger partial charge in [0.25, 0.3) is 0 Å². The molecule has 1 aromatic rings. The molecule has 1 aliphatic heterocycles. The Kier molecular flexibility index (Phi) is 4.88. The highest BCUT2D eigenvalue weighted by molar-refractivity contribution is 5.78. The van der Waals surface area contributed by atoms with E-state index in [1.165, 1.54) is 11.3 Å². The number of carbonyl (C=O) groups is 1. The fraction of sp³-hybridized carbons (Fsp3) is 0.588. The van der Waals surface area contributed by atoms with E-state index in [4.69, 9.17) is 0 Å². The van der Waals surface area contributed by atoms with Crippen molar-refractivity contribution in [3.63, 3.8) is 0 Å².